The first kappa shape index (κ1) is 25.1. The van der Waals surface area contributed by atoms with Gasteiger partial charge in [0.05, 0.1) is 5.75 Å². The molecule has 2 fully saturated rings. The van der Waals surface area contributed by atoms with Gasteiger partial charge in [0, 0.05) is 16.6 Å². The second kappa shape index (κ2) is 11.3. The Morgan fingerprint density at radius 1 is 1.19 bits per heavy atom. The van der Waals surface area contributed by atoms with Crippen LogP contribution in [0.3, 0.4) is 0 Å². The summed E-state index contributed by atoms with van der Waals surface area (Å²) in [4.78, 5) is 13.8. The Bertz CT molecular complexity index is 1220. The number of nitrogens with one attached hydrogen (secondary N) is 1. The van der Waals surface area contributed by atoms with E-state index < -0.39 is 5.82 Å². The van der Waals surface area contributed by atoms with Crippen LogP contribution < -0.4 is 10.1 Å². The maximum atomic E-state index is 14.1. The van der Waals surface area contributed by atoms with Crippen LogP contribution in [0.1, 0.15) is 44.5 Å². The number of benzene rings is 2. The number of rotatable bonds is 10. The number of para-hydroxylation sites is 1. The van der Waals surface area contributed by atoms with Gasteiger partial charge in [-0.25, -0.2) is 4.39 Å². The van der Waals surface area contributed by atoms with Gasteiger partial charge in [-0.1, -0.05) is 36.4 Å². The van der Waals surface area contributed by atoms with Crippen molar-refractivity contribution in [3.8, 4) is 5.75 Å². The fourth-order valence-electron chi connectivity index (χ4n) is 5.72. The number of ether oxygens (including phenoxy) is 1. The number of hydrogen-bond donors (Lipinski definition) is 1. The van der Waals surface area contributed by atoms with E-state index in [2.05, 4.69) is 27.0 Å². The SMILES string of the molecule is CSc1cccc(NC(=O)CSc2nnc(COc3ccccc3F)n2C(C)C2CC3CCC2C3)c1. The Morgan fingerprint density at radius 3 is 2.81 bits per heavy atom. The zero-order valence-electron chi connectivity index (χ0n) is 20.5. The summed E-state index contributed by atoms with van der Waals surface area (Å²) in [5, 5.41) is 12.5. The maximum absolute atomic E-state index is 14.1. The largest absolute Gasteiger partial charge is 0.483 e. The van der Waals surface area contributed by atoms with Crippen molar-refractivity contribution in [2.24, 2.45) is 17.8 Å². The van der Waals surface area contributed by atoms with Crippen LogP contribution in [0.15, 0.2) is 58.6 Å². The number of aromatic nitrogens is 3. The monoisotopic (exact) mass is 526 g/mol. The number of nitrogens with zero attached hydrogens (tertiary/aromatic N) is 3. The number of hydrogen-bond acceptors (Lipinski definition) is 6. The van der Waals surface area contributed by atoms with Crippen LogP contribution in [-0.4, -0.2) is 32.7 Å². The third-order valence-electron chi connectivity index (χ3n) is 7.43. The van der Waals surface area contributed by atoms with Gasteiger partial charge in [0.1, 0.15) is 6.61 Å². The van der Waals surface area contributed by atoms with Crippen molar-refractivity contribution in [2.75, 3.05) is 17.3 Å². The van der Waals surface area contributed by atoms with Gasteiger partial charge < -0.3 is 10.1 Å². The van der Waals surface area contributed by atoms with E-state index in [1.54, 1.807) is 30.0 Å². The smallest absolute Gasteiger partial charge is 0.234 e. The van der Waals surface area contributed by atoms with Gasteiger partial charge in [-0.3, -0.25) is 9.36 Å². The second-order valence-electron chi connectivity index (χ2n) is 9.64. The van der Waals surface area contributed by atoms with Gasteiger partial charge in [0.25, 0.3) is 0 Å². The van der Waals surface area contributed by atoms with Gasteiger partial charge >= 0.3 is 0 Å². The molecule has 2 aliphatic rings. The van der Waals surface area contributed by atoms with Crippen molar-refractivity contribution in [2.45, 2.75) is 55.3 Å². The summed E-state index contributed by atoms with van der Waals surface area (Å²) in [7, 11) is 0. The molecule has 2 bridgehead atoms. The minimum absolute atomic E-state index is 0.0930. The molecule has 1 amide bonds. The number of carbonyl (C=O) groups is 1. The molecule has 3 aromatic rings. The number of anilines is 1. The van der Waals surface area contributed by atoms with Gasteiger partial charge in [-0.2, -0.15) is 0 Å². The van der Waals surface area contributed by atoms with Gasteiger partial charge in [0.15, 0.2) is 22.5 Å². The van der Waals surface area contributed by atoms with Crippen LogP contribution in [0, 0.1) is 23.6 Å². The number of fused-ring (bicyclic) bond motifs is 2. The van der Waals surface area contributed by atoms with Crippen molar-refractivity contribution in [1.29, 1.82) is 0 Å². The second-order valence-corrected chi connectivity index (χ2v) is 11.5. The number of halogens is 1. The van der Waals surface area contributed by atoms with Crippen molar-refractivity contribution in [3.05, 3.63) is 60.2 Å². The zero-order chi connectivity index (χ0) is 25.1. The van der Waals surface area contributed by atoms with E-state index in [9.17, 15) is 9.18 Å². The first-order chi connectivity index (χ1) is 17.5. The van der Waals surface area contributed by atoms with E-state index in [0.29, 0.717) is 16.9 Å². The van der Waals surface area contributed by atoms with Crippen molar-refractivity contribution in [1.82, 2.24) is 14.8 Å². The highest BCUT2D eigenvalue weighted by atomic mass is 32.2. The summed E-state index contributed by atoms with van der Waals surface area (Å²) in [6.07, 6.45) is 7.14. The van der Waals surface area contributed by atoms with Crippen LogP contribution in [0.5, 0.6) is 5.75 Å². The highest BCUT2D eigenvalue weighted by Gasteiger charge is 2.43. The summed E-state index contributed by atoms with van der Waals surface area (Å²) in [5.74, 6) is 2.66. The van der Waals surface area contributed by atoms with Crippen LogP contribution in [0.25, 0.3) is 0 Å². The molecule has 4 unspecified atom stereocenters. The van der Waals surface area contributed by atoms with Crippen molar-refractivity contribution >= 4 is 35.1 Å². The summed E-state index contributed by atoms with van der Waals surface area (Å²) in [6, 6.07) is 14.4. The molecule has 36 heavy (non-hydrogen) atoms. The molecule has 1 aromatic heterocycles. The van der Waals surface area contributed by atoms with E-state index in [4.69, 9.17) is 4.74 Å². The van der Waals surface area contributed by atoms with Crippen LogP contribution in [0.4, 0.5) is 10.1 Å². The van der Waals surface area contributed by atoms with Gasteiger partial charge in [0.2, 0.25) is 5.91 Å². The molecule has 0 radical (unpaired) electrons. The molecule has 5 rings (SSSR count). The minimum atomic E-state index is -0.401. The molecule has 4 atom stereocenters. The normalized spacial score (nSPS) is 21.5. The van der Waals surface area contributed by atoms with Crippen LogP contribution in [-0.2, 0) is 11.4 Å². The molecule has 2 saturated carbocycles. The van der Waals surface area contributed by atoms with E-state index in [-0.39, 0.29) is 30.1 Å². The van der Waals surface area contributed by atoms with E-state index in [0.717, 1.165) is 22.4 Å². The van der Waals surface area contributed by atoms with Crippen LogP contribution >= 0.6 is 23.5 Å². The Hall–Kier alpha value is -2.52. The number of carbonyl (C=O) groups excluding carboxylic acids is 1. The van der Waals surface area contributed by atoms with Crippen molar-refractivity contribution < 1.29 is 13.9 Å². The molecule has 2 aromatic carbocycles. The lowest BCUT2D eigenvalue weighted by Gasteiger charge is -2.30. The predicted molar refractivity (Wildman–Crippen MR) is 142 cm³/mol. The third kappa shape index (κ3) is 5.57. The minimum Gasteiger partial charge on any atom is -0.483 e. The average molecular weight is 527 g/mol. The molecule has 0 spiro atoms. The molecule has 1 heterocycles. The quantitative estimate of drug-likeness (QED) is 0.306. The molecular formula is C27H31FN4O2S2. The van der Waals surface area contributed by atoms with E-state index >= 15 is 0 Å². The molecule has 0 aliphatic heterocycles. The predicted octanol–water partition coefficient (Wildman–Crippen LogP) is 6.45. The van der Waals surface area contributed by atoms with Gasteiger partial charge in [-0.05, 0) is 80.5 Å². The standard InChI is InChI=1S/C27H31FN4O2S2/c1-17(22-13-18-10-11-19(22)12-18)32-25(15-34-24-9-4-3-8-23(24)28)30-31-27(32)36-16-26(33)29-20-6-5-7-21(14-20)35-2/h3-9,14,17-19,22H,10-13,15-16H2,1-2H3,(H,29,33). The maximum Gasteiger partial charge on any atom is 0.234 e. The Kier molecular flexibility index (Phi) is 7.86. The first-order valence-corrected chi connectivity index (χ1v) is 14.6. The zero-order valence-corrected chi connectivity index (χ0v) is 22.2. The Balaban J connectivity index is 1.31. The lowest BCUT2D eigenvalue weighted by Crippen LogP contribution is -2.25. The molecule has 190 valence electrons. The molecule has 0 saturated heterocycles. The summed E-state index contributed by atoms with van der Waals surface area (Å²) >= 11 is 3.02. The van der Waals surface area contributed by atoms with Gasteiger partial charge in [-0.15, -0.1) is 22.0 Å². The summed E-state index contributed by atoms with van der Waals surface area (Å²) in [5.41, 5.74) is 0.781. The summed E-state index contributed by atoms with van der Waals surface area (Å²) in [6.45, 7) is 2.34. The van der Waals surface area contributed by atoms with E-state index in [1.807, 2.05) is 30.5 Å². The van der Waals surface area contributed by atoms with E-state index in [1.165, 1.54) is 43.5 Å². The van der Waals surface area contributed by atoms with Crippen molar-refractivity contribution in [3.63, 3.8) is 0 Å². The lowest BCUT2D eigenvalue weighted by molar-refractivity contribution is -0.113. The molecule has 9 heteroatoms. The molecule has 2 aliphatic carbocycles. The molecule has 1 N–H and O–H groups in total. The highest BCUT2D eigenvalue weighted by molar-refractivity contribution is 7.99. The summed E-state index contributed by atoms with van der Waals surface area (Å²) < 4.78 is 22.0. The fraction of sp³-hybridized carbons (Fsp3) is 0.444. The first-order valence-electron chi connectivity index (χ1n) is 12.4. The topological polar surface area (TPSA) is 69.0 Å². The Morgan fingerprint density at radius 2 is 2.06 bits per heavy atom. The highest BCUT2D eigenvalue weighted by Crippen LogP contribution is 2.52. The number of thioether (sulfide) groups is 2. The molecule has 6 nitrogen and oxygen atoms in total. The third-order valence-corrected chi connectivity index (χ3v) is 9.10. The van der Waals surface area contributed by atoms with Crippen LogP contribution in [0.2, 0.25) is 0 Å². The molecular weight excluding hydrogens is 495 g/mol. The lowest BCUT2D eigenvalue weighted by atomic mass is 9.84. The number of amides is 1. The average Bonchev–Trinajstić information content (AvgIpc) is 3.63. The Labute approximate surface area is 219 Å². The fourth-order valence-corrected chi connectivity index (χ4v) is 7.02.